The molecule has 0 bridgehead atoms. The molecule has 1 heterocycles. The number of carboxylic acid groups (broad SMARTS) is 1. The number of carbonyl (C=O) groups excluding carboxylic acids is 1. The van der Waals surface area contributed by atoms with Gasteiger partial charge in [0.2, 0.25) is 5.91 Å². The van der Waals surface area contributed by atoms with Gasteiger partial charge in [0.1, 0.15) is 11.3 Å². The van der Waals surface area contributed by atoms with Gasteiger partial charge in [-0.15, -0.1) is 11.3 Å². The zero-order valence-corrected chi connectivity index (χ0v) is 14.4. The van der Waals surface area contributed by atoms with Crippen molar-refractivity contribution >= 4 is 28.9 Å². The van der Waals surface area contributed by atoms with Gasteiger partial charge < -0.3 is 15.2 Å². The van der Waals surface area contributed by atoms with E-state index in [1.165, 1.54) is 24.1 Å². The summed E-state index contributed by atoms with van der Waals surface area (Å²) in [6.45, 7) is 0. The zero-order valence-electron chi connectivity index (χ0n) is 13.6. The molecule has 2 N–H and O–H groups in total. The molecule has 6 heteroatoms. The molecule has 0 saturated carbocycles. The predicted octanol–water partition coefficient (Wildman–Crippen LogP) is 4.20. The third-order valence-corrected chi connectivity index (χ3v) is 4.56. The van der Waals surface area contributed by atoms with Crippen LogP contribution in [0.3, 0.4) is 0 Å². The Kier molecular flexibility index (Phi) is 6.81. The summed E-state index contributed by atoms with van der Waals surface area (Å²) in [7, 11) is 1.40. The Morgan fingerprint density at radius 2 is 2.04 bits per heavy atom. The molecule has 2 aromatic rings. The number of anilines is 1. The molecule has 0 saturated heterocycles. The van der Waals surface area contributed by atoms with Crippen LogP contribution < -0.4 is 10.1 Å². The Morgan fingerprint density at radius 1 is 1.21 bits per heavy atom. The van der Waals surface area contributed by atoms with Gasteiger partial charge in [-0.3, -0.25) is 4.79 Å². The molecule has 1 amide bonds. The lowest BCUT2D eigenvalue weighted by Gasteiger charge is -2.09. The molecule has 0 radical (unpaired) electrons. The molecule has 0 fully saturated rings. The molecule has 0 atom stereocenters. The van der Waals surface area contributed by atoms with Gasteiger partial charge in [-0.05, 0) is 42.8 Å². The highest BCUT2D eigenvalue weighted by Gasteiger charge is 2.12. The Bertz CT molecular complexity index is 682. The maximum Gasteiger partial charge on any atom is 0.339 e. The summed E-state index contributed by atoms with van der Waals surface area (Å²) >= 11 is 1.76. The quantitative estimate of drug-likeness (QED) is 0.667. The van der Waals surface area contributed by atoms with Crippen molar-refractivity contribution in [2.24, 2.45) is 0 Å². The van der Waals surface area contributed by atoms with Crippen LogP contribution >= 0.6 is 11.3 Å². The molecule has 0 aliphatic rings. The molecule has 24 heavy (non-hydrogen) atoms. The lowest BCUT2D eigenvalue weighted by atomic mass is 10.1. The number of aromatic carboxylic acids is 1. The number of ether oxygens (including phenoxy) is 1. The minimum atomic E-state index is -1.06. The molecule has 0 aliphatic carbocycles. The number of nitrogens with one attached hydrogen (secondary N) is 1. The predicted molar refractivity (Wildman–Crippen MR) is 95.1 cm³/mol. The second kappa shape index (κ2) is 9.08. The first-order valence-corrected chi connectivity index (χ1v) is 8.71. The smallest absolute Gasteiger partial charge is 0.339 e. The molecular weight excluding hydrogens is 326 g/mol. The van der Waals surface area contributed by atoms with E-state index in [0.717, 1.165) is 25.7 Å². The second-order valence-electron chi connectivity index (χ2n) is 5.41. The monoisotopic (exact) mass is 347 g/mol. The third kappa shape index (κ3) is 5.38. The fraction of sp³-hybridized carbons (Fsp3) is 0.333. The van der Waals surface area contributed by atoms with Crippen LogP contribution in [0.4, 0.5) is 5.69 Å². The number of aryl methyl sites for hydroxylation is 1. The highest BCUT2D eigenvalue weighted by atomic mass is 32.1. The molecule has 1 aromatic carbocycles. The van der Waals surface area contributed by atoms with Crippen LogP contribution in [-0.4, -0.2) is 24.1 Å². The van der Waals surface area contributed by atoms with Gasteiger partial charge in [0.15, 0.2) is 0 Å². The SMILES string of the molecule is COc1cc(NC(=O)CCCCCc2cccs2)ccc1C(=O)O. The highest BCUT2D eigenvalue weighted by Crippen LogP contribution is 2.23. The van der Waals surface area contributed by atoms with Crippen LogP contribution in [0.25, 0.3) is 0 Å². The van der Waals surface area contributed by atoms with Crippen LogP contribution in [-0.2, 0) is 11.2 Å². The van der Waals surface area contributed by atoms with Crippen molar-refractivity contribution in [2.45, 2.75) is 32.1 Å². The fourth-order valence-electron chi connectivity index (χ4n) is 2.39. The summed E-state index contributed by atoms with van der Waals surface area (Å²) < 4.78 is 5.05. The molecule has 2 rings (SSSR count). The maximum atomic E-state index is 12.0. The first kappa shape index (κ1) is 18.0. The fourth-order valence-corrected chi connectivity index (χ4v) is 3.14. The zero-order chi connectivity index (χ0) is 17.4. The van der Waals surface area contributed by atoms with Gasteiger partial charge in [0.05, 0.1) is 7.11 Å². The Hall–Kier alpha value is -2.34. The van der Waals surface area contributed by atoms with Gasteiger partial charge in [-0.1, -0.05) is 12.5 Å². The van der Waals surface area contributed by atoms with E-state index in [0.29, 0.717) is 12.1 Å². The van der Waals surface area contributed by atoms with Gasteiger partial charge in [0, 0.05) is 23.1 Å². The Morgan fingerprint density at radius 3 is 2.71 bits per heavy atom. The average molecular weight is 347 g/mol. The molecule has 0 aliphatic heterocycles. The van der Waals surface area contributed by atoms with Crippen LogP contribution in [0.2, 0.25) is 0 Å². The largest absolute Gasteiger partial charge is 0.496 e. The minimum Gasteiger partial charge on any atom is -0.496 e. The van der Waals surface area contributed by atoms with E-state index in [1.54, 1.807) is 17.4 Å². The standard InChI is InChI=1S/C18H21NO4S/c1-23-16-12-13(9-10-15(16)18(21)22)19-17(20)8-4-2-3-6-14-7-5-11-24-14/h5,7,9-12H,2-4,6,8H2,1H3,(H,19,20)(H,21,22). The summed E-state index contributed by atoms with van der Waals surface area (Å²) in [4.78, 5) is 24.4. The van der Waals surface area contributed by atoms with Crippen LogP contribution in [0.1, 0.15) is 40.9 Å². The minimum absolute atomic E-state index is 0.0729. The summed E-state index contributed by atoms with van der Waals surface area (Å²) in [5, 5.41) is 13.9. The van der Waals surface area contributed by atoms with Crippen molar-refractivity contribution in [1.82, 2.24) is 0 Å². The van der Waals surface area contributed by atoms with E-state index in [2.05, 4.69) is 22.8 Å². The number of methoxy groups -OCH3 is 1. The first-order valence-electron chi connectivity index (χ1n) is 7.83. The molecule has 5 nitrogen and oxygen atoms in total. The van der Waals surface area contributed by atoms with E-state index in [9.17, 15) is 9.59 Å². The maximum absolute atomic E-state index is 12.0. The summed E-state index contributed by atoms with van der Waals surface area (Å²) in [5.74, 6) is -0.900. The molecular formula is C18H21NO4S. The number of carbonyl (C=O) groups is 2. The second-order valence-corrected chi connectivity index (χ2v) is 6.44. The number of benzene rings is 1. The van der Waals surface area contributed by atoms with E-state index in [4.69, 9.17) is 9.84 Å². The summed E-state index contributed by atoms with van der Waals surface area (Å²) in [5.41, 5.74) is 0.615. The number of unbranched alkanes of at least 4 members (excludes halogenated alkanes) is 2. The van der Waals surface area contributed by atoms with Gasteiger partial charge in [-0.2, -0.15) is 0 Å². The number of thiophene rings is 1. The van der Waals surface area contributed by atoms with Gasteiger partial charge in [0.25, 0.3) is 0 Å². The van der Waals surface area contributed by atoms with Crippen molar-refractivity contribution in [1.29, 1.82) is 0 Å². The molecule has 1 aromatic heterocycles. The van der Waals surface area contributed by atoms with Gasteiger partial charge in [-0.25, -0.2) is 4.79 Å². The topological polar surface area (TPSA) is 75.6 Å². The van der Waals surface area contributed by atoms with Crippen molar-refractivity contribution in [3.63, 3.8) is 0 Å². The van der Waals surface area contributed by atoms with Crippen LogP contribution in [0.15, 0.2) is 35.7 Å². The Labute approximate surface area is 145 Å². The first-order chi connectivity index (χ1) is 11.6. The number of carboxylic acids is 1. The number of amides is 1. The third-order valence-electron chi connectivity index (χ3n) is 3.62. The number of hydrogen-bond acceptors (Lipinski definition) is 4. The van der Waals surface area contributed by atoms with Crippen LogP contribution in [0.5, 0.6) is 5.75 Å². The summed E-state index contributed by atoms with van der Waals surface area (Å²) in [6.07, 6.45) is 4.43. The van der Waals surface area contributed by atoms with Crippen molar-refractivity contribution in [2.75, 3.05) is 12.4 Å². The lowest BCUT2D eigenvalue weighted by molar-refractivity contribution is -0.116. The van der Waals surface area contributed by atoms with E-state index in [-0.39, 0.29) is 17.2 Å². The lowest BCUT2D eigenvalue weighted by Crippen LogP contribution is -2.11. The van der Waals surface area contributed by atoms with Crippen molar-refractivity contribution in [3.8, 4) is 5.75 Å². The Balaban J connectivity index is 1.74. The van der Waals surface area contributed by atoms with Crippen molar-refractivity contribution in [3.05, 3.63) is 46.2 Å². The molecule has 0 spiro atoms. The normalized spacial score (nSPS) is 10.4. The van der Waals surface area contributed by atoms with Gasteiger partial charge >= 0.3 is 5.97 Å². The highest BCUT2D eigenvalue weighted by molar-refractivity contribution is 7.09. The van der Waals surface area contributed by atoms with Crippen LogP contribution in [0, 0.1) is 0 Å². The number of rotatable bonds is 9. The number of hydrogen-bond donors (Lipinski definition) is 2. The summed E-state index contributed by atoms with van der Waals surface area (Å²) in [6, 6.07) is 8.71. The van der Waals surface area contributed by atoms with E-state index < -0.39 is 5.97 Å². The van der Waals surface area contributed by atoms with E-state index in [1.807, 2.05) is 0 Å². The van der Waals surface area contributed by atoms with E-state index >= 15 is 0 Å². The molecule has 128 valence electrons. The molecule has 0 unspecified atom stereocenters. The van der Waals surface area contributed by atoms with Crippen molar-refractivity contribution < 1.29 is 19.4 Å². The average Bonchev–Trinajstić information content (AvgIpc) is 3.07.